The first kappa shape index (κ1) is 25.4. The lowest BCUT2D eigenvalue weighted by Crippen LogP contribution is -2.08. The minimum absolute atomic E-state index is 0.0239. The van der Waals surface area contributed by atoms with E-state index in [1.54, 1.807) is 37.3 Å². The summed E-state index contributed by atoms with van der Waals surface area (Å²) in [5, 5.41) is 11.3. The summed E-state index contributed by atoms with van der Waals surface area (Å²) in [6.45, 7) is 2.29. The van der Waals surface area contributed by atoms with Crippen LogP contribution in [0.2, 0.25) is 0 Å². The van der Waals surface area contributed by atoms with Gasteiger partial charge >= 0.3 is 5.97 Å². The molecule has 0 N–H and O–H groups in total. The van der Waals surface area contributed by atoms with Gasteiger partial charge < -0.3 is 14.2 Å². The molecule has 194 valence electrons. The van der Waals surface area contributed by atoms with Crippen molar-refractivity contribution in [2.45, 2.75) is 20.1 Å². The predicted octanol–water partition coefficient (Wildman–Crippen LogP) is 6.41. The maximum absolute atomic E-state index is 12.6. The van der Waals surface area contributed by atoms with E-state index >= 15 is 0 Å². The van der Waals surface area contributed by atoms with Gasteiger partial charge in [0.05, 0.1) is 4.92 Å². The summed E-state index contributed by atoms with van der Waals surface area (Å²) < 4.78 is 17.5. The molecule has 0 aromatic heterocycles. The van der Waals surface area contributed by atoms with Crippen LogP contribution in [0.5, 0.6) is 11.5 Å². The number of nitro groups is 1. The lowest BCUT2D eigenvalue weighted by Gasteiger charge is -2.14. The first-order chi connectivity index (χ1) is 19.0. The highest BCUT2D eigenvalue weighted by molar-refractivity contribution is 6.13. The fraction of sp³-hybridized carbons (Fsp3) is 0.0968. The van der Waals surface area contributed by atoms with E-state index < -0.39 is 10.9 Å². The van der Waals surface area contributed by atoms with Crippen molar-refractivity contribution in [3.8, 4) is 11.5 Å². The minimum Gasteiger partial charge on any atom is -0.485 e. The third kappa shape index (κ3) is 6.02. The van der Waals surface area contributed by atoms with E-state index in [2.05, 4.69) is 4.99 Å². The molecule has 0 spiro atoms. The van der Waals surface area contributed by atoms with Crippen molar-refractivity contribution < 1.29 is 23.9 Å². The van der Waals surface area contributed by atoms with Crippen LogP contribution in [-0.4, -0.2) is 16.8 Å². The lowest BCUT2D eigenvalue weighted by molar-refractivity contribution is -0.385. The zero-order chi connectivity index (χ0) is 27.2. The normalized spacial score (nSPS) is 13.6. The van der Waals surface area contributed by atoms with E-state index in [1.165, 1.54) is 12.1 Å². The Morgan fingerprint density at radius 3 is 2.13 bits per heavy atom. The number of hydrogen-bond donors (Lipinski definition) is 0. The van der Waals surface area contributed by atoms with Gasteiger partial charge in [0, 0.05) is 17.2 Å². The Labute approximate surface area is 225 Å². The molecule has 8 nitrogen and oxygen atoms in total. The summed E-state index contributed by atoms with van der Waals surface area (Å²) in [5.74, 6) is 0.444. The van der Waals surface area contributed by atoms with Gasteiger partial charge in [-0.2, -0.15) is 0 Å². The van der Waals surface area contributed by atoms with Gasteiger partial charge in [0.15, 0.2) is 17.2 Å². The van der Waals surface area contributed by atoms with E-state index in [1.807, 2.05) is 60.7 Å². The highest BCUT2D eigenvalue weighted by Gasteiger charge is 2.27. The zero-order valence-corrected chi connectivity index (χ0v) is 21.1. The molecule has 1 heterocycles. The first-order valence-electron chi connectivity index (χ1n) is 12.2. The predicted molar refractivity (Wildman–Crippen MR) is 146 cm³/mol. The smallest absolute Gasteiger partial charge is 0.363 e. The van der Waals surface area contributed by atoms with Crippen molar-refractivity contribution in [2.24, 2.45) is 4.99 Å². The van der Waals surface area contributed by atoms with Crippen molar-refractivity contribution in [3.05, 3.63) is 141 Å². The summed E-state index contributed by atoms with van der Waals surface area (Å²) in [5.41, 5.74) is 3.42. The maximum Gasteiger partial charge on any atom is 0.363 e. The van der Waals surface area contributed by atoms with Crippen LogP contribution in [0.25, 0.3) is 6.08 Å². The molecule has 0 radical (unpaired) electrons. The summed E-state index contributed by atoms with van der Waals surface area (Å²) in [6, 6.07) is 29.5. The van der Waals surface area contributed by atoms with Gasteiger partial charge in [-0.15, -0.1) is 0 Å². The molecule has 0 unspecified atom stereocenters. The fourth-order valence-corrected chi connectivity index (χ4v) is 4.05. The Hall–Kier alpha value is -5.24. The van der Waals surface area contributed by atoms with Crippen molar-refractivity contribution >= 4 is 23.6 Å². The number of nitro benzene ring substituents is 1. The van der Waals surface area contributed by atoms with Crippen LogP contribution in [0.3, 0.4) is 0 Å². The van der Waals surface area contributed by atoms with Crippen LogP contribution in [0.15, 0.2) is 108 Å². The number of rotatable bonds is 9. The molecule has 39 heavy (non-hydrogen) atoms. The number of aliphatic imine (C=N–C) groups is 1. The molecule has 0 saturated carbocycles. The van der Waals surface area contributed by atoms with Gasteiger partial charge in [-0.1, -0.05) is 72.8 Å². The van der Waals surface area contributed by atoms with Gasteiger partial charge in [0.25, 0.3) is 5.69 Å². The van der Waals surface area contributed by atoms with Gasteiger partial charge in [-0.25, -0.2) is 9.79 Å². The van der Waals surface area contributed by atoms with Gasteiger partial charge in [0.2, 0.25) is 5.90 Å². The minimum atomic E-state index is -0.646. The number of benzene rings is 4. The standard InChI is InChI=1S/C31H24N2O6/c1-21-25(13-8-14-27(21)33(35)36)30-32-26(31(34)39-30)17-24-15-16-28(37-19-22-9-4-2-5-10-22)29(18-24)38-20-23-11-6-3-7-12-23/h2-18H,19-20H2,1H3/b26-17-. The molecule has 0 bridgehead atoms. The fourth-order valence-electron chi connectivity index (χ4n) is 4.05. The molecule has 1 aliphatic rings. The largest absolute Gasteiger partial charge is 0.485 e. The SMILES string of the molecule is Cc1c(C2=N/C(=C\c3ccc(OCc4ccccc4)c(OCc4ccccc4)c3)C(=O)O2)cccc1[N+](=O)[O-]. The van der Waals surface area contributed by atoms with Crippen molar-refractivity contribution in [2.75, 3.05) is 0 Å². The lowest BCUT2D eigenvalue weighted by atomic mass is 10.1. The number of hydrogen-bond acceptors (Lipinski definition) is 7. The van der Waals surface area contributed by atoms with E-state index in [9.17, 15) is 14.9 Å². The molecule has 4 aromatic carbocycles. The molecule has 5 rings (SSSR count). The molecule has 4 aromatic rings. The average Bonchev–Trinajstić information content (AvgIpc) is 3.31. The molecule has 0 amide bonds. The number of nitrogens with zero attached hydrogens (tertiary/aromatic N) is 2. The number of esters is 1. The molecular weight excluding hydrogens is 496 g/mol. The Kier molecular flexibility index (Phi) is 7.45. The highest BCUT2D eigenvalue weighted by atomic mass is 16.6. The summed E-state index contributed by atoms with van der Waals surface area (Å²) in [6.07, 6.45) is 1.58. The topological polar surface area (TPSA) is 100 Å². The van der Waals surface area contributed by atoms with Crippen molar-refractivity contribution in [1.82, 2.24) is 0 Å². The second-order valence-electron chi connectivity index (χ2n) is 8.80. The molecule has 0 atom stereocenters. The van der Waals surface area contributed by atoms with Crippen LogP contribution in [0.4, 0.5) is 5.69 Å². The molecular formula is C31H24N2O6. The Morgan fingerprint density at radius 2 is 1.49 bits per heavy atom. The van der Waals surface area contributed by atoms with E-state index in [-0.39, 0.29) is 17.3 Å². The van der Waals surface area contributed by atoms with Crippen LogP contribution in [0.1, 0.15) is 27.8 Å². The first-order valence-corrected chi connectivity index (χ1v) is 12.2. The molecule has 0 fully saturated rings. The van der Waals surface area contributed by atoms with Gasteiger partial charge in [-0.05, 0) is 47.9 Å². The Balaban J connectivity index is 1.43. The second-order valence-corrected chi connectivity index (χ2v) is 8.80. The highest BCUT2D eigenvalue weighted by Crippen LogP contribution is 2.32. The number of carbonyl (C=O) groups is 1. The van der Waals surface area contributed by atoms with E-state index in [0.717, 1.165) is 11.1 Å². The number of carbonyl (C=O) groups excluding carboxylic acids is 1. The Morgan fingerprint density at radius 1 is 0.846 bits per heavy atom. The monoisotopic (exact) mass is 520 g/mol. The third-order valence-electron chi connectivity index (χ3n) is 6.10. The summed E-state index contributed by atoms with van der Waals surface area (Å²) in [7, 11) is 0. The number of ether oxygens (including phenoxy) is 3. The number of cyclic esters (lactones) is 1. The van der Waals surface area contributed by atoms with Gasteiger partial charge in [0.1, 0.15) is 13.2 Å². The van der Waals surface area contributed by atoms with Crippen molar-refractivity contribution in [1.29, 1.82) is 0 Å². The molecule has 0 saturated heterocycles. The maximum atomic E-state index is 12.6. The van der Waals surface area contributed by atoms with Crippen LogP contribution < -0.4 is 9.47 Å². The third-order valence-corrected chi connectivity index (χ3v) is 6.10. The van der Waals surface area contributed by atoms with E-state index in [4.69, 9.17) is 14.2 Å². The van der Waals surface area contributed by atoms with Gasteiger partial charge in [-0.3, -0.25) is 10.1 Å². The Bertz CT molecular complexity index is 1580. The molecule has 8 heteroatoms. The second kappa shape index (κ2) is 11.4. The molecule has 1 aliphatic heterocycles. The quantitative estimate of drug-likeness (QED) is 0.109. The van der Waals surface area contributed by atoms with E-state index in [0.29, 0.717) is 41.4 Å². The van der Waals surface area contributed by atoms with Crippen LogP contribution in [0, 0.1) is 17.0 Å². The van der Waals surface area contributed by atoms with Crippen LogP contribution >= 0.6 is 0 Å². The molecule has 0 aliphatic carbocycles. The summed E-state index contributed by atoms with van der Waals surface area (Å²) >= 11 is 0. The van der Waals surface area contributed by atoms with Crippen molar-refractivity contribution in [3.63, 3.8) is 0 Å². The van der Waals surface area contributed by atoms with Crippen LogP contribution in [-0.2, 0) is 22.7 Å². The zero-order valence-electron chi connectivity index (χ0n) is 21.1. The average molecular weight is 521 g/mol. The summed E-state index contributed by atoms with van der Waals surface area (Å²) in [4.78, 5) is 27.8.